The van der Waals surface area contributed by atoms with E-state index in [0.29, 0.717) is 21.5 Å². The zero-order valence-corrected chi connectivity index (χ0v) is 32.3. The maximum atomic E-state index is 13.3. The third kappa shape index (κ3) is 3.94. The Balaban J connectivity index is 1.06. The van der Waals surface area contributed by atoms with Crippen LogP contribution in [0.15, 0.2) is 89.8 Å². The largest absolute Gasteiger partial charge is 0.287 e. The lowest BCUT2D eigenvalue weighted by Crippen LogP contribution is -2.31. The normalized spacial score (nSPS) is 17.9. The van der Waals surface area contributed by atoms with Crippen LogP contribution >= 0.6 is 45.3 Å². The number of rotatable bonds is 2. The van der Waals surface area contributed by atoms with Crippen LogP contribution in [0.5, 0.6) is 0 Å². The summed E-state index contributed by atoms with van der Waals surface area (Å²) in [6.07, 6.45) is 11.4. The van der Waals surface area contributed by atoms with E-state index < -0.39 is 0 Å². The van der Waals surface area contributed by atoms with Crippen LogP contribution in [0.1, 0.15) is 86.5 Å². The van der Waals surface area contributed by atoms with Crippen molar-refractivity contribution in [2.45, 2.75) is 75.0 Å². The number of benzene rings is 2. The molecule has 0 saturated heterocycles. The van der Waals surface area contributed by atoms with Crippen molar-refractivity contribution >= 4 is 86.3 Å². The van der Waals surface area contributed by atoms with Crippen LogP contribution in [0.4, 0.5) is 10.0 Å². The molecule has 2 fully saturated rings. The summed E-state index contributed by atoms with van der Waals surface area (Å²) >= 11 is 7.17. The molecule has 4 heterocycles. The molecular formula is C44H30N2O4S4. The van der Waals surface area contributed by atoms with Gasteiger partial charge in [0.2, 0.25) is 21.7 Å². The molecule has 4 aliphatic carbocycles. The molecule has 6 nitrogen and oxygen atoms in total. The van der Waals surface area contributed by atoms with Gasteiger partial charge in [-0.2, -0.15) is 0 Å². The molecule has 0 aliphatic heterocycles. The van der Waals surface area contributed by atoms with Crippen molar-refractivity contribution in [2.75, 3.05) is 0 Å². The van der Waals surface area contributed by atoms with Crippen LogP contribution in [0, 0.1) is 0 Å². The molecule has 12 rings (SSSR count). The van der Waals surface area contributed by atoms with Gasteiger partial charge < -0.3 is 0 Å². The molecule has 54 heavy (non-hydrogen) atoms. The van der Waals surface area contributed by atoms with Crippen molar-refractivity contribution in [1.29, 1.82) is 0 Å². The minimum Gasteiger partial charge on any atom is -0.287 e. The molecule has 0 bridgehead atoms. The van der Waals surface area contributed by atoms with Gasteiger partial charge in [0.1, 0.15) is 10.0 Å². The Kier molecular flexibility index (Phi) is 6.52. The van der Waals surface area contributed by atoms with Gasteiger partial charge in [0, 0.05) is 43.5 Å². The smallest absolute Gasteiger partial charge is 0.216 e. The van der Waals surface area contributed by atoms with Gasteiger partial charge in [-0.1, -0.05) is 87.1 Å². The van der Waals surface area contributed by atoms with Gasteiger partial charge in [0.05, 0.1) is 28.9 Å². The second-order valence-corrected chi connectivity index (χ2v) is 19.6. The fourth-order valence-corrected chi connectivity index (χ4v) is 16.4. The topological polar surface area (TPSA) is 93.0 Å². The second-order valence-electron chi connectivity index (χ2n) is 15.5. The lowest BCUT2D eigenvalue weighted by Gasteiger charge is -2.35. The Bertz CT molecular complexity index is 2970. The van der Waals surface area contributed by atoms with Crippen LogP contribution in [0.3, 0.4) is 0 Å². The Morgan fingerprint density at radius 3 is 1.15 bits per heavy atom. The molecule has 10 heteroatoms. The number of fused-ring (bicyclic) bond motifs is 15. The van der Waals surface area contributed by atoms with Crippen molar-refractivity contribution in [3.05, 3.63) is 135 Å². The molecule has 264 valence electrons. The molecule has 8 aromatic rings. The van der Waals surface area contributed by atoms with Crippen LogP contribution in [-0.4, -0.2) is 0 Å². The molecule has 0 amide bonds. The molecule has 2 saturated carbocycles. The molecule has 4 aliphatic rings. The van der Waals surface area contributed by atoms with Crippen molar-refractivity contribution in [1.82, 2.24) is 0 Å². The zero-order valence-electron chi connectivity index (χ0n) is 29.0. The quantitative estimate of drug-likeness (QED) is 0.175. The number of thiophene rings is 4. The summed E-state index contributed by atoms with van der Waals surface area (Å²) in [5.41, 5.74) is 4.31. The van der Waals surface area contributed by atoms with Gasteiger partial charge in [-0.05, 0) is 48.9 Å². The highest BCUT2D eigenvalue weighted by atomic mass is 32.1. The highest BCUT2D eigenvalue weighted by Crippen LogP contribution is 2.70. The second kappa shape index (κ2) is 11.1. The summed E-state index contributed by atoms with van der Waals surface area (Å²) in [4.78, 5) is 68.0. The average Bonchev–Trinajstić information content (AvgIpc) is 4.07. The van der Waals surface area contributed by atoms with Crippen LogP contribution < -0.4 is 32.4 Å². The van der Waals surface area contributed by atoms with Crippen molar-refractivity contribution in [3.8, 4) is 19.5 Å². The maximum absolute atomic E-state index is 13.3. The van der Waals surface area contributed by atoms with E-state index in [-0.39, 0.29) is 43.3 Å². The molecule has 0 unspecified atom stereocenters. The van der Waals surface area contributed by atoms with Gasteiger partial charge in [-0.3, -0.25) is 19.2 Å². The molecule has 0 N–H and O–H groups in total. The number of nitrogens with zero attached hydrogens (tertiary/aromatic N) is 2. The molecule has 0 radical (unpaired) electrons. The Hall–Kier alpha value is -4.48. The first-order valence-electron chi connectivity index (χ1n) is 18.8. The first kappa shape index (κ1) is 31.8. The van der Waals surface area contributed by atoms with E-state index in [1.54, 1.807) is 71.2 Å². The summed E-state index contributed by atoms with van der Waals surface area (Å²) in [5.74, 6) is 0. The van der Waals surface area contributed by atoms with Crippen LogP contribution in [-0.2, 0) is 10.8 Å². The van der Waals surface area contributed by atoms with Gasteiger partial charge >= 0.3 is 0 Å². The number of hydrogen-bond acceptors (Lipinski definition) is 10. The lowest BCUT2D eigenvalue weighted by atomic mass is 9.67. The van der Waals surface area contributed by atoms with E-state index in [1.165, 1.54) is 64.0 Å². The molecule has 4 aromatic carbocycles. The Morgan fingerprint density at radius 2 is 0.796 bits per heavy atom. The third-order valence-electron chi connectivity index (χ3n) is 12.9. The Morgan fingerprint density at radius 1 is 0.444 bits per heavy atom. The fraction of sp³-hybridized carbons (Fsp3) is 0.273. The highest BCUT2D eigenvalue weighted by molar-refractivity contribution is 7.35. The zero-order chi connectivity index (χ0) is 36.1. The molecule has 2 spiro atoms. The standard InChI is InChI=1S/C44H30N2O4S4/c47-33-21-11-3-4-12-22(21)34(48)31(33)45-27-19-25-37(51-27)39-29(43(25)15-7-1-8-16-43)41-42(53-39)30-40(54-41)38-26(44(30)17-9-2-10-18-44)20-28(52-38)46-32-35(49)23-13-5-6-14-24(23)36(32)50/h3-6,11-14,19-20H,1-2,7-10,15-18H2. The van der Waals surface area contributed by atoms with Crippen molar-refractivity contribution < 1.29 is 0 Å². The minimum absolute atomic E-state index is 0.0279. The lowest BCUT2D eigenvalue weighted by molar-refractivity contribution is 0.355. The highest BCUT2D eigenvalue weighted by Gasteiger charge is 2.52. The monoisotopic (exact) mass is 778 g/mol. The van der Waals surface area contributed by atoms with Gasteiger partial charge in [0.15, 0.2) is 10.7 Å². The molecule has 4 aromatic heterocycles. The summed E-state index contributed by atoms with van der Waals surface area (Å²) < 4.78 is 2.84. The van der Waals surface area contributed by atoms with Crippen molar-refractivity contribution in [3.63, 3.8) is 0 Å². The predicted octanol–water partition coefficient (Wildman–Crippen LogP) is 9.51. The summed E-state index contributed by atoms with van der Waals surface area (Å²) in [6, 6.07) is 18.4. The third-order valence-corrected chi connectivity index (χ3v) is 17.8. The van der Waals surface area contributed by atoms with E-state index in [4.69, 9.17) is 9.98 Å². The summed E-state index contributed by atoms with van der Waals surface area (Å²) in [7, 11) is 0. The summed E-state index contributed by atoms with van der Waals surface area (Å²) in [5, 5.41) is 3.31. The maximum Gasteiger partial charge on any atom is 0.216 e. The fourth-order valence-electron chi connectivity index (χ4n) is 10.6. The minimum atomic E-state index is -0.282. The number of hydrogen-bond donors (Lipinski definition) is 0. The van der Waals surface area contributed by atoms with E-state index in [0.717, 1.165) is 61.4 Å². The Labute approximate surface area is 323 Å². The first-order chi connectivity index (χ1) is 26.4. The van der Waals surface area contributed by atoms with Gasteiger partial charge in [-0.25, -0.2) is 9.98 Å². The predicted molar refractivity (Wildman–Crippen MR) is 222 cm³/mol. The van der Waals surface area contributed by atoms with Gasteiger partial charge in [-0.15, -0.1) is 45.3 Å². The van der Waals surface area contributed by atoms with Crippen LogP contribution in [0.2, 0.25) is 0 Å². The van der Waals surface area contributed by atoms with Crippen molar-refractivity contribution in [2.24, 2.45) is 9.98 Å². The van der Waals surface area contributed by atoms with Crippen LogP contribution in [0.25, 0.3) is 50.5 Å². The first-order valence-corrected chi connectivity index (χ1v) is 22.1. The SMILES string of the molecule is O=c1c(=Nc2cc3c(s2)-c2sc4c5c(sc4c2C32CCCCC2)-c2sc(N=c3c(=O)c4ccccc4c3=O)cc2C52CCCCC2)c(=O)c2ccccc12. The molecular weight excluding hydrogens is 749 g/mol. The van der Waals surface area contributed by atoms with E-state index in [9.17, 15) is 19.2 Å². The van der Waals surface area contributed by atoms with E-state index in [1.807, 2.05) is 22.7 Å². The average molecular weight is 779 g/mol. The van der Waals surface area contributed by atoms with E-state index in [2.05, 4.69) is 12.1 Å². The summed E-state index contributed by atoms with van der Waals surface area (Å²) in [6.45, 7) is 0. The van der Waals surface area contributed by atoms with E-state index >= 15 is 0 Å². The van der Waals surface area contributed by atoms with Gasteiger partial charge in [0.25, 0.3) is 0 Å². The molecule has 0 atom stereocenters.